The van der Waals surface area contributed by atoms with E-state index in [9.17, 15) is 0 Å². The van der Waals surface area contributed by atoms with Gasteiger partial charge in [-0.05, 0) is 18.9 Å². The molecule has 0 radical (unpaired) electrons. The summed E-state index contributed by atoms with van der Waals surface area (Å²) in [5.74, 6) is 0. The maximum atomic E-state index is 5.82. The fraction of sp³-hybridized carbons (Fsp3) is 0.400. The lowest BCUT2D eigenvalue weighted by Crippen LogP contribution is -2.04. The first kappa shape index (κ1) is 14.2. The van der Waals surface area contributed by atoms with Crippen LogP contribution >= 0.6 is 11.3 Å². The van der Waals surface area contributed by atoms with Crippen molar-refractivity contribution >= 4 is 11.3 Å². The van der Waals surface area contributed by atoms with Crippen LogP contribution in [-0.4, -0.2) is 11.6 Å². The third-order valence-corrected chi connectivity index (χ3v) is 4.20. The van der Waals surface area contributed by atoms with Crippen molar-refractivity contribution in [3.05, 3.63) is 41.0 Å². The van der Waals surface area contributed by atoms with Crippen molar-refractivity contribution in [2.24, 2.45) is 5.73 Å². The highest BCUT2D eigenvalue weighted by atomic mass is 32.1. The van der Waals surface area contributed by atoms with Crippen LogP contribution in [0.2, 0.25) is 0 Å². The number of thiazole rings is 1. The Bertz CT molecular complexity index is 510. The summed E-state index contributed by atoms with van der Waals surface area (Å²) in [6, 6.07) is 10.3. The minimum atomic E-state index is 0.0813. The van der Waals surface area contributed by atoms with Crippen LogP contribution in [0, 0.1) is 0 Å². The first-order valence-corrected chi connectivity index (χ1v) is 7.48. The minimum Gasteiger partial charge on any atom is -0.371 e. The molecule has 2 aromatic rings. The normalized spacial score (nSPS) is 12.6. The van der Waals surface area contributed by atoms with Gasteiger partial charge < -0.3 is 10.5 Å². The lowest BCUT2D eigenvalue weighted by molar-refractivity contribution is 0.0595. The Morgan fingerprint density at radius 1 is 1.26 bits per heavy atom. The SMILES string of the molecule is CCOC(CC)c1nc(CN)c(-c2ccccc2)s1. The molecule has 0 aliphatic carbocycles. The van der Waals surface area contributed by atoms with Gasteiger partial charge >= 0.3 is 0 Å². The van der Waals surface area contributed by atoms with Gasteiger partial charge in [0, 0.05) is 13.2 Å². The molecule has 2 N–H and O–H groups in total. The topological polar surface area (TPSA) is 48.1 Å². The highest BCUT2D eigenvalue weighted by Crippen LogP contribution is 2.34. The lowest BCUT2D eigenvalue weighted by Gasteiger charge is -2.11. The zero-order valence-electron chi connectivity index (χ0n) is 11.4. The molecule has 0 aliphatic heterocycles. The van der Waals surface area contributed by atoms with Crippen LogP contribution in [-0.2, 0) is 11.3 Å². The van der Waals surface area contributed by atoms with Gasteiger partial charge in [-0.25, -0.2) is 4.98 Å². The minimum absolute atomic E-state index is 0.0813. The molecule has 1 atom stereocenters. The van der Waals surface area contributed by atoms with Crippen LogP contribution in [0.3, 0.4) is 0 Å². The number of benzene rings is 1. The summed E-state index contributed by atoms with van der Waals surface area (Å²) in [6.07, 6.45) is 1.01. The van der Waals surface area contributed by atoms with Crippen molar-refractivity contribution in [3.8, 4) is 10.4 Å². The number of hydrogen-bond acceptors (Lipinski definition) is 4. The number of ether oxygens (including phenoxy) is 1. The maximum absolute atomic E-state index is 5.82. The summed E-state index contributed by atoms with van der Waals surface area (Å²) in [5.41, 5.74) is 7.96. The molecule has 3 nitrogen and oxygen atoms in total. The molecule has 1 heterocycles. The Labute approximate surface area is 118 Å². The molecule has 0 spiro atoms. The van der Waals surface area contributed by atoms with Crippen molar-refractivity contribution in [3.63, 3.8) is 0 Å². The van der Waals surface area contributed by atoms with Crippen molar-refractivity contribution in [2.45, 2.75) is 32.9 Å². The molecule has 1 aromatic heterocycles. The van der Waals surface area contributed by atoms with Crippen LogP contribution in [0.25, 0.3) is 10.4 Å². The molecule has 0 saturated carbocycles. The van der Waals surface area contributed by atoms with Crippen LogP contribution in [0.4, 0.5) is 0 Å². The van der Waals surface area contributed by atoms with Crippen LogP contribution in [0.15, 0.2) is 30.3 Å². The molecular formula is C15H20N2OS. The molecule has 0 aliphatic rings. The molecular weight excluding hydrogens is 256 g/mol. The van der Waals surface area contributed by atoms with Gasteiger partial charge in [-0.15, -0.1) is 11.3 Å². The average Bonchev–Trinajstić information content (AvgIpc) is 2.89. The predicted octanol–water partition coefficient (Wildman–Crippen LogP) is 3.76. The molecule has 0 amide bonds. The van der Waals surface area contributed by atoms with E-state index in [-0.39, 0.29) is 6.10 Å². The molecule has 102 valence electrons. The summed E-state index contributed by atoms with van der Waals surface area (Å²) < 4.78 is 5.73. The summed E-state index contributed by atoms with van der Waals surface area (Å²) in [7, 11) is 0. The lowest BCUT2D eigenvalue weighted by atomic mass is 10.1. The Hall–Kier alpha value is -1.23. The predicted molar refractivity (Wildman–Crippen MR) is 80.1 cm³/mol. The second-order valence-corrected chi connectivity index (χ2v) is 5.28. The first-order valence-electron chi connectivity index (χ1n) is 6.66. The number of aromatic nitrogens is 1. The highest BCUT2D eigenvalue weighted by molar-refractivity contribution is 7.15. The van der Waals surface area contributed by atoms with Gasteiger partial charge in [0.2, 0.25) is 0 Å². The van der Waals surface area contributed by atoms with Crippen molar-refractivity contribution in [1.82, 2.24) is 4.98 Å². The largest absolute Gasteiger partial charge is 0.371 e. The Kier molecular flexibility index (Phi) is 5.07. The molecule has 4 heteroatoms. The zero-order valence-corrected chi connectivity index (χ0v) is 12.2. The van der Waals surface area contributed by atoms with Gasteiger partial charge in [0.1, 0.15) is 11.1 Å². The number of rotatable bonds is 6. The molecule has 19 heavy (non-hydrogen) atoms. The van der Waals surface area contributed by atoms with Crippen molar-refractivity contribution in [1.29, 1.82) is 0 Å². The van der Waals surface area contributed by atoms with E-state index in [1.54, 1.807) is 11.3 Å². The van der Waals surface area contributed by atoms with Crippen LogP contribution < -0.4 is 5.73 Å². The average molecular weight is 276 g/mol. The highest BCUT2D eigenvalue weighted by Gasteiger charge is 2.18. The number of hydrogen-bond donors (Lipinski definition) is 1. The standard InChI is InChI=1S/C15H20N2OS/c1-3-13(18-4-2)15-17-12(10-16)14(19-15)11-8-6-5-7-9-11/h5-9,13H,3-4,10,16H2,1-2H3. The summed E-state index contributed by atoms with van der Waals surface area (Å²) in [5, 5.41) is 1.03. The Morgan fingerprint density at radius 2 is 2.00 bits per heavy atom. The second-order valence-electron chi connectivity index (χ2n) is 4.25. The monoisotopic (exact) mass is 276 g/mol. The van der Waals surface area contributed by atoms with E-state index in [0.717, 1.165) is 22.0 Å². The van der Waals surface area contributed by atoms with E-state index in [4.69, 9.17) is 10.5 Å². The molecule has 1 aromatic carbocycles. The summed E-state index contributed by atoms with van der Waals surface area (Å²) in [4.78, 5) is 5.83. The molecule has 0 bridgehead atoms. The zero-order chi connectivity index (χ0) is 13.7. The van der Waals surface area contributed by atoms with Crippen LogP contribution in [0.5, 0.6) is 0 Å². The third-order valence-electron chi connectivity index (χ3n) is 2.96. The van der Waals surface area contributed by atoms with Gasteiger partial charge in [-0.1, -0.05) is 37.3 Å². The molecule has 0 fully saturated rings. The maximum Gasteiger partial charge on any atom is 0.122 e. The smallest absolute Gasteiger partial charge is 0.122 e. The van der Waals surface area contributed by atoms with Crippen molar-refractivity contribution in [2.75, 3.05) is 6.61 Å². The van der Waals surface area contributed by atoms with Gasteiger partial charge in [0.15, 0.2) is 0 Å². The summed E-state index contributed by atoms with van der Waals surface area (Å²) >= 11 is 1.69. The fourth-order valence-electron chi connectivity index (χ4n) is 2.03. The molecule has 0 saturated heterocycles. The van der Waals surface area contributed by atoms with E-state index >= 15 is 0 Å². The van der Waals surface area contributed by atoms with Gasteiger partial charge in [-0.2, -0.15) is 0 Å². The quantitative estimate of drug-likeness (QED) is 0.874. The fourth-order valence-corrected chi connectivity index (χ4v) is 3.26. The van der Waals surface area contributed by atoms with Gasteiger partial charge in [0.25, 0.3) is 0 Å². The Balaban J connectivity index is 2.37. The van der Waals surface area contributed by atoms with E-state index in [0.29, 0.717) is 13.2 Å². The number of nitrogens with two attached hydrogens (primary N) is 1. The van der Waals surface area contributed by atoms with Gasteiger partial charge in [0.05, 0.1) is 10.6 Å². The Morgan fingerprint density at radius 3 is 2.58 bits per heavy atom. The van der Waals surface area contributed by atoms with E-state index in [1.165, 1.54) is 5.56 Å². The number of nitrogens with zero attached hydrogens (tertiary/aromatic N) is 1. The van der Waals surface area contributed by atoms with Crippen LogP contribution in [0.1, 0.15) is 37.1 Å². The van der Waals surface area contributed by atoms with Crippen molar-refractivity contribution < 1.29 is 4.74 Å². The van der Waals surface area contributed by atoms with Gasteiger partial charge in [-0.3, -0.25) is 0 Å². The van der Waals surface area contributed by atoms with E-state index in [1.807, 2.05) is 25.1 Å². The molecule has 1 unspecified atom stereocenters. The first-order chi connectivity index (χ1) is 9.30. The third kappa shape index (κ3) is 3.21. The summed E-state index contributed by atoms with van der Waals surface area (Å²) in [6.45, 7) is 5.30. The van der Waals surface area contributed by atoms with E-state index in [2.05, 4.69) is 24.0 Å². The second kappa shape index (κ2) is 6.80. The molecule has 2 rings (SSSR count). The van der Waals surface area contributed by atoms with E-state index < -0.39 is 0 Å².